The number of aryl methyl sites for hydroxylation is 1. The molecule has 154 valence electrons. The van der Waals surface area contributed by atoms with E-state index in [1.165, 1.54) is 43.7 Å². The molecule has 1 aromatic carbocycles. The SMILES string of the molecule is CN=C(NCCCN1CCCN(C)CC1)NCC(C)c1cccc(C)c1.I. The molecule has 0 bridgehead atoms. The number of benzene rings is 1. The van der Waals surface area contributed by atoms with Crippen molar-refractivity contribution in [2.75, 3.05) is 59.9 Å². The number of nitrogens with one attached hydrogen (secondary N) is 2. The molecule has 6 heteroatoms. The van der Waals surface area contributed by atoms with Crippen LogP contribution in [0.15, 0.2) is 29.3 Å². The molecule has 0 aliphatic carbocycles. The van der Waals surface area contributed by atoms with Gasteiger partial charge in [0.05, 0.1) is 0 Å². The number of nitrogens with zero attached hydrogens (tertiary/aromatic N) is 3. The molecule has 1 aromatic rings. The van der Waals surface area contributed by atoms with E-state index in [1.54, 1.807) is 0 Å². The summed E-state index contributed by atoms with van der Waals surface area (Å²) >= 11 is 0. The Kier molecular flexibility index (Phi) is 11.9. The molecule has 0 spiro atoms. The molecule has 2 N–H and O–H groups in total. The molecule has 0 amide bonds. The van der Waals surface area contributed by atoms with Gasteiger partial charge in [0.25, 0.3) is 0 Å². The van der Waals surface area contributed by atoms with Crippen molar-refractivity contribution in [2.24, 2.45) is 4.99 Å². The summed E-state index contributed by atoms with van der Waals surface area (Å²) in [5, 5.41) is 6.91. The minimum Gasteiger partial charge on any atom is -0.356 e. The predicted molar refractivity (Wildman–Crippen MR) is 128 cm³/mol. The van der Waals surface area contributed by atoms with Crippen LogP contribution in [0.4, 0.5) is 0 Å². The summed E-state index contributed by atoms with van der Waals surface area (Å²) in [6.45, 7) is 12.3. The number of aliphatic imine (C=N–C) groups is 1. The highest BCUT2D eigenvalue weighted by Gasteiger charge is 2.11. The summed E-state index contributed by atoms with van der Waals surface area (Å²) < 4.78 is 0. The fourth-order valence-corrected chi connectivity index (χ4v) is 3.40. The molecule has 2 rings (SSSR count). The Morgan fingerprint density at radius 2 is 2.00 bits per heavy atom. The van der Waals surface area contributed by atoms with E-state index in [2.05, 4.69) is 70.6 Å². The molecule has 1 unspecified atom stereocenters. The molecular formula is C21H38IN5. The molecule has 1 fully saturated rings. The van der Waals surface area contributed by atoms with E-state index in [1.807, 2.05) is 7.05 Å². The first-order valence-electron chi connectivity index (χ1n) is 10.0. The van der Waals surface area contributed by atoms with Crippen molar-refractivity contribution in [3.63, 3.8) is 0 Å². The molecule has 1 heterocycles. The second-order valence-corrected chi connectivity index (χ2v) is 7.55. The maximum Gasteiger partial charge on any atom is 0.190 e. The first kappa shape index (κ1) is 24.2. The lowest BCUT2D eigenvalue weighted by Gasteiger charge is -2.21. The highest BCUT2D eigenvalue weighted by molar-refractivity contribution is 14.0. The van der Waals surface area contributed by atoms with Gasteiger partial charge < -0.3 is 20.4 Å². The van der Waals surface area contributed by atoms with Crippen LogP contribution >= 0.6 is 24.0 Å². The second-order valence-electron chi connectivity index (χ2n) is 7.55. The molecule has 0 saturated carbocycles. The topological polar surface area (TPSA) is 42.9 Å². The van der Waals surface area contributed by atoms with Crippen LogP contribution < -0.4 is 10.6 Å². The Morgan fingerprint density at radius 3 is 2.74 bits per heavy atom. The number of likely N-dealkylation sites (N-methyl/N-ethyl adjacent to an activating group) is 1. The van der Waals surface area contributed by atoms with Gasteiger partial charge in [0, 0.05) is 33.2 Å². The summed E-state index contributed by atoms with van der Waals surface area (Å²) in [6, 6.07) is 8.75. The molecule has 1 aliphatic heterocycles. The summed E-state index contributed by atoms with van der Waals surface area (Å²) in [5.74, 6) is 1.36. The fourth-order valence-electron chi connectivity index (χ4n) is 3.40. The van der Waals surface area contributed by atoms with Crippen LogP contribution in [0, 0.1) is 6.92 Å². The van der Waals surface area contributed by atoms with Crippen LogP contribution in [0.25, 0.3) is 0 Å². The average molecular weight is 487 g/mol. The molecule has 1 aliphatic rings. The smallest absolute Gasteiger partial charge is 0.190 e. The minimum atomic E-state index is 0. The normalized spacial score (nSPS) is 17.7. The van der Waals surface area contributed by atoms with Crippen LogP contribution in [-0.2, 0) is 0 Å². The van der Waals surface area contributed by atoms with E-state index < -0.39 is 0 Å². The van der Waals surface area contributed by atoms with Gasteiger partial charge in [-0.05, 0) is 57.9 Å². The van der Waals surface area contributed by atoms with Gasteiger partial charge in [-0.1, -0.05) is 36.8 Å². The van der Waals surface area contributed by atoms with Gasteiger partial charge in [-0.15, -0.1) is 24.0 Å². The summed E-state index contributed by atoms with van der Waals surface area (Å²) in [4.78, 5) is 9.37. The summed E-state index contributed by atoms with van der Waals surface area (Å²) in [7, 11) is 4.07. The second kappa shape index (κ2) is 13.3. The molecule has 27 heavy (non-hydrogen) atoms. The van der Waals surface area contributed by atoms with Crippen LogP contribution in [-0.4, -0.2) is 75.7 Å². The standard InChI is InChI=1S/C21H37N5.HI/c1-18-8-5-9-20(16-18)19(2)17-24-21(22-3)23-10-6-12-26-13-7-11-25(4)14-15-26;/h5,8-9,16,19H,6-7,10-15,17H2,1-4H3,(H2,22,23,24);1H. The molecule has 1 saturated heterocycles. The lowest BCUT2D eigenvalue weighted by Crippen LogP contribution is -2.40. The van der Waals surface area contributed by atoms with Crippen molar-refractivity contribution >= 4 is 29.9 Å². The quantitative estimate of drug-likeness (QED) is 0.269. The van der Waals surface area contributed by atoms with Crippen molar-refractivity contribution < 1.29 is 0 Å². The lowest BCUT2D eigenvalue weighted by atomic mass is 9.99. The highest BCUT2D eigenvalue weighted by atomic mass is 127. The third kappa shape index (κ3) is 9.25. The highest BCUT2D eigenvalue weighted by Crippen LogP contribution is 2.15. The zero-order valence-corrected chi connectivity index (χ0v) is 19.8. The maximum atomic E-state index is 4.35. The Balaban J connectivity index is 0.00000364. The molecule has 1 atom stereocenters. The third-order valence-corrected chi connectivity index (χ3v) is 5.17. The lowest BCUT2D eigenvalue weighted by molar-refractivity contribution is 0.274. The van der Waals surface area contributed by atoms with Gasteiger partial charge in [0.15, 0.2) is 5.96 Å². The zero-order chi connectivity index (χ0) is 18.8. The van der Waals surface area contributed by atoms with E-state index in [0.29, 0.717) is 5.92 Å². The average Bonchev–Trinajstić information content (AvgIpc) is 2.85. The number of rotatable bonds is 7. The van der Waals surface area contributed by atoms with Crippen molar-refractivity contribution in [1.29, 1.82) is 0 Å². The number of hydrogen-bond donors (Lipinski definition) is 2. The van der Waals surface area contributed by atoms with Gasteiger partial charge in [-0.2, -0.15) is 0 Å². The van der Waals surface area contributed by atoms with Crippen LogP contribution in [0.1, 0.15) is 36.8 Å². The van der Waals surface area contributed by atoms with Crippen molar-refractivity contribution in [3.05, 3.63) is 35.4 Å². The molecule has 0 radical (unpaired) electrons. The Bertz CT molecular complexity index is 563. The molecule has 0 aromatic heterocycles. The van der Waals surface area contributed by atoms with Gasteiger partial charge >= 0.3 is 0 Å². The van der Waals surface area contributed by atoms with E-state index in [0.717, 1.165) is 32.0 Å². The van der Waals surface area contributed by atoms with Crippen molar-refractivity contribution in [2.45, 2.75) is 32.6 Å². The number of hydrogen-bond acceptors (Lipinski definition) is 3. The van der Waals surface area contributed by atoms with Crippen molar-refractivity contribution in [1.82, 2.24) is 20.4 Å². The van der Waals surface area contributed by atoms with Crippen LogP contribution in [0.5, 0.6) is 0 Å². The first-order chi connectivity index (χ1) is 12.6. The Hall–Kier alpha value is -0.860. The first-order valence-corrected chi connectivity index (χ1v) is 10.0. The summed E-state index contributed by atoms with van der Waals surface area (Å²) in [5.41, 5.74) is 2.69. The maximum absolute atomic E-state index is 4.35. The van der Waals surface area contributed by atoms with E-state index in [9.17, 15) is 0 Å². The monoisotopic (exact) mass is 487 g/mol. The van der Waals surface area contributed by atoms with Gasteiger partial charge in [0.1, 0.15) is 0 Å². The van der Waals surface area contributed by atoms with E-state index in [4.69, 9.17) is 0 Å². The van der Waals surface area contributed by atoms with Crippen molar-refractivity contribution in [3.8, 4) is 0 Å². The van der Waals surface area contributed by atoms with Crippen LogP contribution in [0.2, 0.25) is 0 Å². The van der Waals surface area contributed by atoms with Gasteiger partial charge in [-0.3, -0.25) is 4.99 Å². The molecular weight excluding hydrogens is 449 g/mol. The number of guanidine groups is 1. The van der Waals surface area contributed by atoms with E-state index in [-0.39, 0.29) is 24.0 Å². The largest absolute Gasteiger partial charge is 0.356 e. The van der Waals surface area contributed by atoms with Crippen LogP contribution in [0.3, 0.4) is 0 Å². The van der Waals surface area contributed by atoms with E-state index >= 15 is 0 Å². The Morgan fingerprint density at radius 1 is 1.19 bits per heavy atom. The zero-order valence-electron chi connectivity index (χ0n) is 17.5. The van der Waals surface area contributed by atoms with Gasteiger partial charge in [-0.25, -0.2) is 0 Å². The number of halogens is 1. The third-order valence-electron chi connectivity index (χ3n) is 5.17. The fraction of sp³-hybridized carbons (Fsp3) is 0.667. The molecule has 5 nitrogen and oxygen atoms in total. The predicted octanol–water partition coefficient (Wildman–Crippen LogP) is 2.91. The van der Waals surface area contributed by atoms with Gasteiger partial charge in [0.2, 0.25) is 0 Å². The summed E-state index contributed by atoms with van der Waals surface area (Å²) in [6.07, 6.45) is 2.43. The minimum absolute atomic E-state index is 0. The Labute approximate surface area is 183 Å².